The number of amides is 1. The Bertz CT molecular complexity index is 754. The van der Waals surface area contributed by atoms with Crippen LogP contribution in [0.5, 0.6) is 5.88 Å². The van der Waals surface area contributed by atoms with Crippen molar-refractivity contribution in [2.24, 2.45) is 0 Å². The maximum absolute atomic E-state index is 12.3. The van der Waals surface area contributed by atoms with Crippen molar-refractivity contribution < 1.29 is 13.9 Å². The first kappa shape index (κ1) is 14.1. The molecule has 1 saturated heterocycles. The number of nitriles is 1. The smallest absolute Gasteiger partial charge is 0.257 e. The number of carbonyl (C=O) groups excluding carboxylic acids is 1. The number of likely N-dealkylation sites (tertiary alicyclic amines) is 1. The van der Waals surface area contributed by atoms with Gasteiger partial charge in [-0.25, -0.2) is 4.98 Å². The highest BCUT2D eigenvalue weighted by atomic mass is 16.5. The first-order chi connectivity index (χ1) is 10.6. The van der Waals surface area contributed by atoms with E-state index in [1.807, 2.05) is 13.0 Å². The topological polar surface area (TPSA) is 79.4 Å². The lowest BCUT2D eigenvalue weighted by molar-refractivity contribution is 0.0159. The molecule has 1 aliphatic rings. The van der Waals surface area contributed by atoms with Crippen LogP contribution in [0.25, 0.3) is 0 Å². The van der Waals surface area contributed by atoms with E-state index in [4.69, 9.17) is 14.4 Å². The van der Waals surface area contributed by atoms with Crippen LogP contribution in [0.1, 0.15) is 27.4 Å². The average Bonchev–Trinajstić information content (AvgIpc) is 2.81. The SMILES string of the molecule is Cc1cc(C(=O)N2CC(Oc3cc(C#N)ccn3)C2)c(C)o1. The average molecular weight is 297 g/mol. The van der Waals surface area contributed by atoms with Gasteiger partial charge >= 0.3 is 0 Å². The summed E-state index contributed by atoms with van der Waals surface area (Å²) in [5.74, 6) is 1.72. The second kappa shape index (κ2) is 5.53. The van der Waals surface area contributed by atoms with Crippen molar-refractivity contribution >= 4 is 5.91 Å². The van der Waals surface area contributed by atoms with Gasteiger partial charge in [-0.2, -0.15) is 5.26 Å². The molecular formula is C16H15N3O3. The molecule has 6 heteroatoms. The Morgan fingerprint density at radius 2 is 2.23 bits per heavy atom. The van der Waals surface area contributed by atoms with E-state index in [-0.39, 0.29) is 12.0 Å². The van der Waals surface area contributed by atoms with E-state index in [9.17, 15) is 4.79 Å². The molecule has 0 saturated carbocycles. The molecule has 1 amide bonds. The lowest BCUT2D eigenvalue weighted by Gasteiger charge is -2.38. The van der Waals surface area contributed by atoms with E-state index >= 15 is 0 Å². The van der Waals surface area contributed by atoms with Gasteiger partial charge < -0.3 is 14.1 Å². The summed E-state index contributed by atoms with van der Waals surface area (Å²) in [6.07, 6.45) is 1.44. The van der Waals surface area contributed by atoms with Gasteiger partial charge in [-0.3, -0.25) is 4.79 Å². The number of rotatable bonds is 3. The van der Waals surface area contributed by atoms with Crippen LogP contribution in [0.2, 0.25) is 0 Å². The van der Waals surface area contributed by atoms with Gasteiger partial charge in [0.2, 0.25) is 5.88 Å². The monoisotopic (exact) mass is 297 g/mol. The predicted molar refractivity (Wildman–Crippen MR) is 77.5 cm³/mol. The molecule has 0 unspecified atom stereocenters. The second-order valence-electron chi connectivity index (χ2n) is 5.27. The predicted octanol–water partition coefficient (Wildman–Crippen LogP) is 2.07. The highest BCUT2D eigenvalue weighted by molar-refractivity contribution is 5.95. The van der Waals surface area contributed by atoms with Crippen LogP contribution in [0.3, 0.4) is 0 Å². The molecule has 2 aromatic rings. The van der Waals surface area contributed by atoms with Crippen LogP contribution in [-0.2, 0) is 0 Å². The molecule has 1 fully saturated rings. The highest BCUT2D eigenvalue weighted by Gasteiger charge is 2.34. The zero-order chi connectivity index (χ0) is 15.7. The number of nitrogens with zero attached hydrogens (tertiary/aromatic N) is 3. The van der Waals surface area contributed by atoms with Crippen molar-refractivity contribution in [3.8, 4) is 11.9 Å². The Morgan fingerprint density at radius 3 is 2.86 bits per heavy atom. The molecule has 22 heavy (non-hydrogen) atoms. The Morgan fingerprint density at radius 1 is 1.45 bits per heavy atom. The van der Waals surface area contributed by atoms with E-state index in [1.54, 1.807) is 30.0 Å². The van der Waals surface area contributed by atoms with Crippen molar-refractivity contribution in [2.45, 2.75) is 20.0 Å². The third-order valence-electron chi connectivity index (χ3n) is 3.56. The van der Waals surface area contributed by atoms with Crippen molar-refractivity contribution in [1.29, 1.82) is 5.26 Å². The zero-order valence-corrected chi connectivity index (χ0v) is 12.4. The van der Waals surface area contributed by atoms with Gasteiger partial charge in [0.1, 0.15) is 17.6 Å². The first-order valence-electron chi connectivity index (χ1n) is 6.96. The largest absolute Gasteiger partial charge is 0.471 e. The molecule has 0 aromatic carbocycles. The van der Waals surface area contributed by atoms with Gasteiger partial charge in [0.05, 0.1) is 30.3 Å². The summed E-state index contributed by atoms with van der Waals surface area (Å²) in [5, 5.41) is 8.84. The zero-order valence-electron chi connectivity index (χ0n) is 12.4. The molecular weight excluding hydrogens is 282 g/mol. The van der Waals surface area contributed by atoms with Crippen LogP contribution in [0.15, 0.2) is 28.8 Å². The number of pyridine rings is 1. The van der Waals surface area contributed by atoms with E-state index in [1.165, 1.54) is 6.20 Å². The Kier molecular flexibility index (Phi) is 3.55. The van der Waals surface area contributed by atoms with Crippen molar-refractivity contribution in [3.05, 3.63) is 47.0 Å². The molecule has 0 spiro atoms. The van der Waals surface area contributed by atoms with Crippen LogP contribution in [-0.4, -0.2) is 35.0 Å². The van der Waals surface area contributed by atoms with Crippen LogP contribution in [0.4, 0.5) is 0 Å². The van der Waals surface area contributed by atoms with E-state index < -0.39 is 0 Å². The number of furan rings is 1. The molecule has 0 aliphatic carbocycles. The normalized spacial score (nSPS) is 14.3. The number of aromatic nitrogens is 1. The van der Waals surface area contributed by atoms with Gasteiger partial charge in [0.25, 0.3) is 5.91 Å². The molecule has 1 aliphatic heterocycles. The minimum Gasteiger partial charge on any atom is -0.471 e. The quantitative estimate of drug-likeness (QED) is 0.866. The van der Waals surface area contributed by atoms with Gasteiger partial charge in [-0.05, 0) is 26.0 Å². The minimum absolute atomic E-state index is 0.0482. The molecule has 112 valence electrons. The van der Waals surface area contributed by atoms with Gasteiger partial charge in [0, 0.05) is 12.3 Å². The maximum atomic E-state index is 12.3. The fourth-order valence-corrected chi connectivity index (χ4v) is 2.41. The van der Waals surface area contributed by atoms with E-state index in [2.05, 4.69) is 4.98 Å². The number of ether oxygens (including phenoxy) is 1. The van der Waals surface area contributed by atoms with Gasteiger partial charge in [-0.1, -0.05) is 0 Å². The summed E-state index contributed by atoms with van der Waals surface area (Å²) in [6, 6.07) is 7.00. The summed E-state index contributed by atoms with van der Waals surface area (Å²) in [6.45, 7) is 4.60. The van der Waals surface area contributed by atoms with Crippen LogP contribution < -0.4 is 4.74 Å². The van der Waals surface area contributed by atoms with Crippen molar-refractivity contribution in [1.82, 2.24) is 9.88 Å². The molecule has 6 nitrogen and oxygen atoms in total. The lowest BCUT2D eigenvalue weighted by Crippen LogP contribution is -2.56. The molecule has 3 heterocycles. The Labute approximate surface area is 127 Å². The third kappa shape index (κ3) is 2.66. The molecule has 2 aromatic heterocycles. The lowest BCUT2D eigenvalue weighted by atomic mass is 10.1. The standard InChI is InChI=1S/C16H15N3O3/c1-10-5-14(11(2)21-10)16(20)19-8-13(9-19)22-15-6-12(7-17)3-4-18-15/h3-6,13H,8-9H2,1-2H3. The number of carbonyl (C=O) groups is 1. The minimum atomic E-state index is -0.0984. The number of aryl methyl sites for hydroxylation is 2. The second-order valence-corrected chi connectivity index (χ2v) is 5.27. The fourth-order valence-electron chi connectivity index (χ4n) is 2.41. The van der Waals surface area contributed by atoms with Crippen molar-refractivity contribution in [2.75, 3.05) is 13.1 Å². The summed E-state index contributed by atoms with van der Waals surface area (Å²) in [7, 11) is 0. The number of hydrogen-bond acceptors (Lipinski definition) is 5. The maximum Gasteiger partial charge on any atom is 0.257 e. The number of hydrogen-bond donors (Lipinski definition) is 0. The van der Waals surface area contributed by atoms with Crippen molar-refractivity contribution in [3.63, 3.8) is 0 Å². The third-order valence-corrected chi connectivity index (χ3v) is 3.56. The van der Waals surface area contributed by atoms with Crippen LogP contribution >= 0.6 is 0 Å². The first-order valence-corrected chi connectivity index (χ1v) is 6.96. The van der Waals surface area contributed by atoms with Crippen LogP contribution in [0, 0.1) is 25.2 Å². The summed E-state index contributed by atoms with van der Waals surface area (Å²) in [4.78, 5) is 18.1. The molecule has 0 N–H and O–H groups in total. The molecule has 0 atom stereocenters. The fraction of sp³-hybridized carbons (Fsp3) is 0.312. The van der Waals surface area contributed by atoms with E-state index in [0.717, 1.165) is 5.76 Å². The molecule has 3 rings (SSSR count). The van der Waals surface area contributed by atoms with Gasteiger partial charge in [-0.15, -0.1) is 0 Å². The molecule has 0 radical (unpaired) electrons. The summed E-state index contributed by atoms with van der Waals surface area (Å²) < 4.78 is 11.0. The Balaban J connectivity index is 1.59. The Hall–Kier alpha value is -2.81. The van der Waals surface area contributed by atoms with E-state index in [0.29, 0.717) is 35.9 Å². The van der Waals surface area contributed by atoms with Gasteiger partial charge in [0.15, 0.2) is 0 Å². The highest BCUT2D eigenvalue weighted by Crippen LogP contribution is 2.22. The summed E-state index contributed by atoms with van der Waals surface area (Å²) in [5.41, 5.74) is 1.10. The molecule has 0 bridgehead atoms. The summed E-state index contributed by atoms with van der Waals surface area (Å²) >= 11 is 0.